The number of rotatable bonds is 4. The summed E-state index contributed by atoms with van der Waals surface area (Å²) < 4.78 is 18.3. The van der Waals surface area contributed by atoms with E-state index in [0.29, 0.717) is 18.1 Å². The number of thiol groups is 1. The number of halogens is 1. The fraction of sp³-hybridized carbons (Fsp3) is 0.273. The van der Waals surface area contributed by atoms with Crippen molar-refractivity contribution in [3.63, 3.8) is 0 Å². The second kappa shape index (κ2) is 5.70. The van der Waals surface area contributed by atoms with Gasteiger partial charge in [-0.3, -0.25) is 0 Å². The third-order valence-electron chi connectivity index (χ3n) is 1.69. The van der Waals surface area contributed by atoms with Gasteiger partial charge in [0.2, 0.25) is 0 Å². The molecule has 0 aliphatic rings. The molecule has 14 heavy (non-hydrogen) atoms. The molecule has 0 radical (unpaired) electrons. The molecule has 1 aromatic rings. The SMILES string of the molecule is Cc1ccc(F)c(OCC=CCS)c1. The van der Waals surface area contributed by atoms with E-state index in [0.717, 1.165) is 5.56 Å². The van der Waals surface area contributed by atoms with Crippen molar-refractivity contribution in [2.45, 2.75) is 6.92 Å². The summed E-state index contributed by atoms with van der Waals surface area (Å²) in [4.78, 5) is 0. The summed E-state index contributed by atoms with van der Waals surface area (Å²) in [6.45, 7) is 2.27. The van der Waals surface area contributed by atoms with Crippen molar-refractivity contribution >= 4 is 12.6 Å². The first-order valence-corrected chi connectivity index (χ1v) is 5.02. The highest BCUT2D eigenvalue weighted by atomic mass is 32.1. The molecule has 0 aliphatic carbocycles. The number of benzene rings is 1. The van der Waals surface area contributed by atoms with Gasteiger partial charge in [-0.15, -0.1) is 0 Å². The minimum atomic E-state index is -0.324. The van der Waals surface area contributed by atoms with Gasteiger partial charge in [0.15, 0.2) is 11.6 Å². The summed E-state index contributed by atoms with van der Waals surface area (Å²) in [6, 6.07) is 4.81. The van der Waals surface area contributed by atoms with Gasteiger partial charge >= 0.3 is 0 Å². The lowest BCUT2D eigenvalue weighted by Crippen LogP contribution is -1.96. The van der Waals surface area contributed by atoms with Crippen LogP contribution in [0.5, 0.6) is 5.75 Å². The van der Waals surface area contributed by atoms with Gasteiger partial charge in [-0.05, 0) is 24.6 Å². The molecule has 0 unspecified atom stereocenters. The van der Waals surface area contributed by atoms with Crippen molar-refractivity contribution in [3.8, 4) is 5.75 Å². The van der Waals surface area contributed by atoms with Crippen molar-refractivity contribution in [1.29, 1.82) is 0 Å². The molecule has 0 fully saturated rings. The van der Waals surface area contributed by atoms with Crippen molar-refractivity contribution < 1.29 is 9.13 Å². The van der Waals surface area contributed by atoms with E-state index in [2.05, 4.69) is 12.6 Å². The van der Waals surface area contributed by atoms with Crippen LogP contribution in [-0.4, -0.2) is 12.4 Å². The third kappa shape index (κ3) is 3.42. The average Bonchev–Trinajstić information content (AvgIpc) is 2.18. The largest absolute Gasteiger partial charge is 0.486 e. The van der Waals surface area contributed by atoms with E-state index in [-0.39, 0.29) is 5.82 Å². The zero-order valence-electron chi connectivity index (χ0n) is 8.03. The van der Waals surface area contributed by atoms with E-state index >= 15 is 0 Å². The second-order valence-corrected chi connectivity index (χ2v) is 3.26. The molecular weight excluding hydrogens is 199 g/mol. The van der Waals surface area contributed by atoms with Crippen LogP contribution in [0.3, 0.4) is 0 Å². The zero-order chi connectivity index (χ0) is 10.4. The van der Waals surface area contributed by atoms with Gasteiger partial charge in [0.1, 0.15) is 6.61 Å². The summed E-state index contributed by atoms with van der Waals surface area (Å²) in [7, 11) is 0. The van der Waals surface area contributed by atoms with Crippen LogP contribution in [0, 0.1) is 12.7 Å². The van der Waals surface area contributed by atoms with E-state index in [1.165, 1.54) is 6.07 Å². The molecule has 1 nitrogen and oxygen atoms in total. The normalized spacial score (nSPS) is 10.8. The lowest BCUT2D eigenvalue weighted by Gasteiger charge is -2.05. The van der Waals surface area contributed by atoms with Crippen molar-refractivity contribution in [3.05, 3.63) is 41.7 Å². The Morgan fingerprint density at radius 3 is 2.93 bits per heavy atom. The zero-order valence-corrected chi connectivity index (χ0v) is 8.93. The topological polar surface area (TPSA) is 9.23 Å². The Kier molecular flexibility index (Phi) is 4.53. The number of aryl methyl sites for hydroxylation is 1. The Morgan fingerprint density at radius 1 is 1.43 bits per heavy atom. The van der Waals surface area contributed by atoms with Crippen LogP contribution in [0.1, 0.15) is 5.56 Å². The predicted molar refractivity (Wildman–Crippen MR) is 59.6 cm³/mol. The highest BCUT2D eigenvalue weighted by Crippen LogP contribution is 2.17. The van der Waals surface area contributed by atoms with Crippen molar-refractivity contribution in [2.24, 2.45) is 0 Å². The Bertz CT molecular complexity index is 323. The molecule has 0 N–H and O–H groups in total. The molecule has 0 aromatic heterocycles. The maximum Gasteiger partial charge on any atom is 0.165 e. The first-order chi connectivity index (χ1) is 6.74. The summed E-state index contributed by atoms with van der Waals surface area (Å²) in [6.07, 6.45) is 3.67. The number of hydrogen-bond donors (Lipinski definition) is 1. The minimum absolute atomic E-state index is 0.300. The number of ether oxygens (including phenoxy) is 1. The summed E-state index contributed by atoms with van der Waals surface area (Å²) in [5.41, 5.74) is 0.986. The Hall–Kier alpha value is -0.960. The molecule has 0 heterocycles. The summed E-state index contributed by atoms with van der Waals surface area (Å²) in [5.74, 6) is 0.642. The van der Waals surface area contributed by atoms with Crippen LogP contribution in [0.4, 0.5) is 4.39 Å². The fourth-order valence-electron chi connectivity index (χ4n) is 1.00. The summed E-state index contributed by atoms with van der Waals surface area (Å²) in [5, 5.41) is 0. The van der Waals surface area contributed by atoms with Gasteiger partial charge in [0, 0.05) is 5.75 Å². The van der Waals surface area contributed by atoms with Gasteiger partial charge in [0.05, 0.1) is 0 Å². The lowest BCUT2D eigenvalue weighted by atomic mass is 10.2. The highest BCUT2D eigenvalue weighted by molar-refractivity contribution is 7.80. The molecule has 0 aliphatic heterocycles. The van der Waals surface area contributed by atoms with Crippen LogP contribution < -0.4 is 4.74 Å². The molecule has 0 saturated heterocycles. The van der Waals surface area contributed by atoms with Gasteiger partial charge in [-0.25, -0.2) is 4.39 Å². The van der Waals surface area contributed by atoms with Crippen LogP contribution in [0.2, 0.25) is 0 Å². The molecule has 0 spiro atoms. The van der Waals surface area contributed by atoms with Crippen LogP contribution >= 0.6 is 12.6 Å². The Morgan fingerprint density at radius 2 is 2.21 bits per heavy atom. The van der Waals surface area contributed by atoms with Gasteiger partial charge in [0.25, 0.3) is 0 Å². The van der Waals surface area contributed by atoms with E-state index in [1.54, 1.807) is 12.1 Å². The molecule has 1 rings (SSSR count). The maximum absolute atomic E-state index is 13.1. The molecule has 3 heteroatoms. The van der Waals surface area contributed by atoms with Crippen molar-refractivity contribution in [1.82, 2.24) is 0 Å². The monoisotopic (exact) mass is 212 g/mol. The molecular formula is C11H13FOS. The van der Waals surface area contributed by atoms with Gasteiger partial charge < -0.3 is 4.74 Å². The molecule has 0 atom stereocenters. The van der Waals surface area contributed by atoms with E-state index in [4.69, 9.17) is 4.74 Å². The van der Waals surface area contributed by atoms with E-state index in [9.17, 15) is 4.39 Å². The van der Waals surface area contributed by atoms with Crippen LogP contribution in [-0.2, 0) is 0 Å². The first-order valence-electron chi connectivity index (χ1n) is 4.39. The minimum Gasteiger partial charge on any atom is -0.486 e. The molecule has 76 valence electrons. The Balaban J connectivity index is 2.57. The molecule has 0 amide bonds. The van der Waals surface area contributed by atoms with Crippen molar-refractivity contribution in [2.75, 3.05) is 12.4 Å². The average molecular weight is 212 g/mol. The van der Waals surface area contributed by atoms with E-state index < -0.39 is 0 Å². The lowest BCUT2D eigenvalue weighted by molar-refractivity contribution is 0.341. The smallest absolute Gasteiger partial charge is 0.165 e. The Labute approximate surface area is 89.0 Å². The van der Waals surface area contributed by atoms with Gasteiger partial charge in [-0.2, -0.15) is 12.6 Å². The predicted octanol–water partition coefficient (Wildman–Crippen LogP) is 3.00. The molecule has 0 bridgehead atoms. The van der Waals surface area contributed by atoms with Crippen LogP contribution in [0.25, 0.3) is 0 Å². The number of hydrogen-bond acceptors (Lipinski definition) is 2. The fourth-order valence-corrected chi connectivity index (χ4v) is 1.15. The van der Waals surface area contributed by atoms with E-state index in [1.807, 2.05) is 19.1 Å². The standard InChI is InChI=1S/C11H13FOS/c1-9-4-5-10(12)11(8-9)13-6-2-3-7-14/h2-5,8,14H,6-7H2,1H3. The summed E-state index contributed by atoms with van der Waals surface area (Å²) >= 11 is 4.00. The van der Waals surface area contributed by atoms with Gasteiger partial charge in [-0.1, -0.05) is 18.2 Å². The highest BCUT2D eigenvalue weighted by Gasteiger charge is 2.01. The second-order valence-electron chi connectivity index (χ2n) is 2.90. The maximum atomic E-state index is 13.1. The third-order valence-corrected chi connectivity index (χ3v) is 1.90. The quantitative estimate of drug-likeness (QED) is 0.596. The molecule has 0 saturated carbocycles. The first kappa shape index (κ1) is 11.1. The van der Waals surface area contributed by atoms with Crippen LogP contribution in [0.15, 0.2) is 30.4 Å². The molecule has 1 aromatic carbocycles.